The average molecular weight is 271 g/mol. The zero-order chi connectivity index (χ0) is 14.5. The molecular weight excluding hydrogens is 262 g/mol. The van der Waals surface area contributed by atoms with Gasteiger partial charge in [-0.25, -0.2) is 4.98 Å². The molecule has 0 saturated carbocycles. The van der Waals surface area contributed by atoms with Gasteiger partial charge >= 0.3 is 0 Å². The third kappa shape index (κ3) is 2.64. The lowest BCUT2D eigenvalue weighted by Crippen LogP contribution is -1.96. The van der Waals surface area contributed by atoms with Crippen LogP contribution >= 0.6 is 0 Å². The first kappa shape index (κ1) is 13.3. The Morgan fingerprint density at radius 3 is 2.80 bits per heavy atom. The number of hydrogen-bond donors (Lipinski definition) is 0. The number of benzene rings is 1. The molecule has 0 atom stereocenters. The number of rotatable bonds is 4. The van der Waals surface area contributed by atoms with Gasteiger partial charge in [-0.05, 0) is 18.2 Å². The predicted molar refractivity (Wildman–Crippen MR) is 68.7 cm³/mol. The third-order valence-electron chi connectivity index (χ3n) is 2.46. The van der Waals surface area contributed by atoms with Crippen LogP contribution < -0.4 is 9.47 Å². The van der Waals surface area contributed by atoms with Gasteiger partial charge in [0.1, 0.15) is 11.6 Å². The molecule has 0 bridgehead atoms. The van der Waals surface area contributed by atoms with E-state index in [4.69, 9.17) is 14.7 Å². The Morgan fingerprint density at radius 2 is 2.15 bits per heavy atom. The van der Waals surface area contributed by atoms with Crippen molar-refractivity contribution in [2.75, 3.05) is 7.11 Å². The van der Waals surface area contributed by atoms with Crippen molar-refractivity contribution < 1.29 is 14.4 Å². The van der Waals surface area contributed by atoms with Crippen LogP contribution in [0.1, 0.15) is 5.56 Å². The molecule has 1 aromatic heterocycles. The maximum Gasteiger partial charge on any atom is 0.273 e. The largest absolute Gasteiger partial charge is 0.493 e. The fraction of sp³-hybridized carbons (Fsp3) is 0.0769. The maximum atomic E-state index is 10.7. The first-order chi connectivity index (χ1) is 9.65. The molecule has 0 saturated heterocycles. The molecule has 2 aromatic rings. The smallest absolute Gasteiger partial charge is 0.273 e. The van der Waals surface area contributed by atoms with Crippen molar-refractivity contribution in [1.29, 1.82) is 5.26 Å². The summed E-state index contributed by atoms with van der Waals surface area (Å²) in [5, 5.41) is 19.6. The van der Waals surface area contributed by atoms with Gasteiger partial charge in [0.05, 0.1) is 18.1 Å². The Balaban J connectivity index is 2.39. The van der Waals surface area contributed by atoms with Gasteiger partial charge in [-0.1, -0.05) is 0 Å². The average Bonchev–Trinajstić information content (AvgIpc) is 2.48. The van der Waals surface area contributed by atoms with Crippen molar-refractivity contribution in [3.63, 3.8) is 0 Å². The van der Waals surface area contributed by atoms with Gasteiger partial charge in [-0.3, -0.25) is 10.1 Å². The minimum atomic E-state index is -0.534. The highest BCUT2D eigenvalue weighted by atomic mass is 16.6. The highest BCUT2D eigenvalue weighted by Gasteiger charge is 2.14. The van der Waals surface area contributed by atoms with E-state index >= 15 is 0 Å². The van der Waals surface area contributed by atoms with Crippen molar-refractivity contribution in [3.05, 3.63) is 52.2 Å². The molecule has 2 rings (SSSR count). The Kier molecular flexibility index (Phi) is 3.77. The summed E-state index contributed by atoms with van der Waals surface area (Å²) in [4.78, 5) is 14.1. The summed E-state index contributed by atoms with van der Waals surface area (Å²) in [5.74, 6) is 0.546. The molecule has 0 aliphatic rings. The van der Waals surface area contributed by atoms with E-state index in [-0.39, 0.29) is 28.6 Å². The van der Waals surface area contributed by atoms with Crippen LogP contribution in [0, 0.1) is 21.4 Å². The zero-order valence-corrected chi connectivity index (χ0v) is 10.4. The number of nitriles is 1. The number of non-ortho nitro benzene ring substituents is 1. The molecule has 1 heterocycles. The highest BCUT2D eigenvalue weighted by Crippen LogP contribution is 2.34. The fourth-order valence-electron chi connectivity index (χ4n) is 1.52. The predicted octanol–water partition coefficient (Wildman–Crippen LogP) is 2.66. The van der Waals surface area contributed by atoms with E-state index in [0.717, 1.165) is 0 Å². The molecule has 0 radical (unpaired) electrons. The van der Waals surface area contributed by atoms with Crippen molar-refractivity contribution in [1.82, 2.24) is 4.98 Å². The topological polar surface area (TPSA) is 98.3 Å². The van der Waals surface area contributed by atoms with Crippen molar-refractivity contribution >= 4 is 5.69 Å². The fourth-order valence-corrected chi connectivity index (χ4v) is 1.52. The number of nitro groups is 1. The monoisotopic (exact) mass is 271 g/mol. The van der Waals surface area contributed by atoms with E-state index in [1.807, 2.05) is 6.07 Å². The van der Waals surface area contributed by atoms with Crippen LogP contribution in [0.2, 0.25) is 0 Å². The molecular formula is C13H9N3O4. The second-order valence-electron chi connectivity index (χ2n) is 3.66. The number of methoxy groups -OCH3 is 1. The van der Waals surface area contributed by atoms with Gasteiger partial charge < -0.3 is 9.47 Å². The van der Waals surface area contributed by atoms with Gasteiger partial charge in [0, 0.05) is 12.3 Å². The van der Waals surface area contributed by atoms with Gasteiger partial charge in [0.2, 0.25) is 5.88 Å². The molecule has 7 heteroatoms. The van der Waals surface area contributed by atoms with Crippen LogP contribution in [-0.2, 0) is 0 Å². The van der Waals surface area contributed by atoms with Gasteiger partial charge in [0.25, 0.3) is 5.69 Å². The van der Waals surface area contributed by atoms with Crippen molar-refractivity contribution in [2.45, 2.75) is 0 Å². The molecule has 0 unspecified atom stereocenters. The number of nitrogens with zero attached hydrogens (tertiary/aromatic N) is 3. The molecule has 7 nitrogen and oxygen atoms in total. The van der Waals surface area contributed by atoms with Gasteiger partial charge in [0.15, 0.2) is 11.5 Å². The van der Waals surface area contributed by atoms with E-state index in [2.05, 4.69) is 4.98 Å². The standard InChI is InChI=1S/C13H9N3O4/c1-19-12-7-10(16(17)18)4-5-11(12)20-13-9(8-14)3-2-6-15-13/h2-7H,1H3. The summed E-state index contributed by atoms with van der Waals surface area (Å²) in [6, 6.07) is 9.03. The number of aromatic nitrogens is 1. The zero-order valence-electron chi connectivity index (χ0n) is 10.4. The van der Waals surface area contributed by atoms with Gasteiger partial charge in [-0.2, -0.15) is 5.26 Å². The Hall–Kier alpha value is -3.14. The van der Waals surface area contributed by atoms with Crippen molar-refractivity contribution in [2.24, 2.45) is 0 Å². The minimum absolute atomic E-state index is 0.113. The SMILES string of the molecule is COc1cc([N+](=O)[O-])ccc1Oc1ncccc1C#N. The highest BCUT2D eigenvalue weighted by molar-refractivity contribution is 5.51. The lowest BCUT2D eigenvalue weighted by Gasteiger charge is -2.09. The summed E-state index contributed by atoms with van der Waals surface area (Å²) >= 11 is 0. The molecule has 1 aromatic carbocycles. The lowest BCUT2D eigenvalue weighted by atomic mass is 10.2. The molecule has 0 amide bonds. The van der Waals surface area contributed by atoms with Crippen LogP contribution in [0.5, 0.6) is 17.4 Å². The molecule has 0 aliphatic heterocycles. The van der Waals surface area contributed by atoms with Crippen LogP contribution in [0.4, 0.5) is 5.69 Å². The van der Waals surface area contributed by atoms with Crippen LogP contribution in [0.3, 0.4) is 0 Å². The summed E-state index contributed by atoms with van der Waals surface area (Å²) in [6.07, 6.45) is 1.48. The minimum Gasteiger partial charge on any atom is -0.493 e. The summed E-state index contributed by atoms with van der Waals surface area (Å²) in [5.41, 5.74) is 0.142. The number of pyridine rings is 1. The number of hydrogen-bond acceptors (Lipinski definition) is 6. The maximum absolute atomic E-state index is 10.7. The Bertz CT molecular complexity index is 694. The molecule has 0 N–H and O–H groups in total. The summed E-state index contributed by atoms with van der Waals surface area (Å²) in [6.45, 7) is 0. The van der Waals surface area contributed by atoms with E-state index in [9.17, 15) is 10.1 Å². The Morgan fingerprint density at radius 1 is 1.35 bits per heavy atom. The summed E-state index contributed by atoms with van der Waals surface area (Å²) < 4.78 is 10.5. The first-order valence-electron chi connectivity index (χ1n) is 5.51. The summed E-state index contributed by atoms with van der Waals surface area (Å²) in [7, 11) is 1.37. The van der Waals surface area contributed by atoms with Crippen LogP contribution in [0.25, 0.3) is 0 Å². The molecule has 100 valence electrons. The molecule has 0 aliphatic carbocycles. The third-order valence-corrected chi connectivity index (χ3v) is 2.46. The molecule has 20 heavy (non-hydrogen) atoms. The van der Waals surface area contributed by atoms with E-state index in [1.54, 1.807) is 12.1 Å². The first-order valence-corrected chi connectivity index (χ1v) is 5.51. The quantitative estimate of drug-likeness (QED) is 0.626. The van der Waals surface area contributed by atoms with E-state index in [1.165, 1.54) is 31.5 Å². The van der Waals surface area contributed by atoms with Crippen LogP contribution in [-0.4, -0.2) is 17.0 Å². The van der Waals surface area contributed by atoms with E-state index < -0.39 is 4.92 Å². The van der Waals surface area contributed by atoms with Crippen LogP contribution in [0.15, 0.2) is 36.5 Å². The Labute approximate surface area is 114 Å². The van der Waals surface area contributed by atoms with Crippen molar-refractivity contribution in [3.8, 4) is 23.4 Å². The molecule has 0 fully saturated rings. The lowest BCUT2D eigenvalue weighted by molar-refractivity contribution is -0.384. The number of nitro benzene ring substituents is 1. The van der Waals surface area contributed by atoms with Gasteiger partial charge in [-0.15, -0.1) is 0 Å². The number of ether oxygens (including phenoxy) is 2. The van der Waals surface area contributed by atoms with E-state index in [0.29, 0.717) is 0 Å². The normalized spacial score (nSPS) is 9.60. The molecule has 0 spiro atoms. The second kappa shape index (κ2) is 5.67. The second-order valence-corrected chi connectivity index (χ2v) is 3.66.